The topological polar surface area (TPSA) is 92.4 Å². The molecule has 1 amide bonds. The van der Waals surface area contributed by atoms with E-state index in [2.05, 4.69) is 24.4 Å². The van der Waals surface area contributed by atoms with Crippen LogP contribution in [0.3, 0.4) is 0 Å². The number of carbonyl (C=O) groups is 2. The quantitative estimate of drug-likeness (QED) is 0.318. The third-order valence-electron chi connectivity index (χ3n) is 3.84. The molecule has 1 atom stereocenters. The maximum Gasteiger partial charge on any atom is 0.320 e. The number of carboxylic acids is 1. The van der Waals surface area contributed by atoms with Gasteiger partial charge in [0.2, 0.25) is 5.91 Å². The zero-order chi connectivity index (χ0) is 17.3. The summed E-state index contributed by atoms with van der Waals surface area (Å²) in [6.07, 6.45) is 15.1. The van der Waals surface area contributed by atoms with Gasteiger partial charge in [0.1, 0.15) is 6.04 Å². The third kappa shape index (κ3) is 15.3. The highest BCUT2D eigenvalue weighted by atomic mass is 16.4. The summed E-state index contributed by atoms with van der Waals surface area (Å²) in [6, 6.07) is -0.788. The highest BCUT2D eigenvalue weighted by Crippen LogP contribution is 2.09. The molecule has 0 saturated heterocycles. The van der Waals surface area contributed by atoms with Gasteiger partial charge in [-0.2, -0.15) is 0 Å². The van der Waals surface area contributed by atoms with E-state index >= 15 is 0 Å². The van der Waals surface area contributed by atoms with Gasteiger partial charge in [-0.1, -0.05) is 37.8 Å². The van der Waals surface area contributed by atoms with Crippen molar-refractivity contribution in [1.82, 2.24) is 5.32 Å². The molecular weight excluding hydrogens is 292 g/mol. The van der Waals surface area contributed by atoms with Gasteiger partial charge in [-0.05, 0) is 45.4 Å². The Morgan fingerprint density at radius 3 is 2.35 bits per heavy atom. The summed E-state index contributed by atoms with van der Waals surface area (Å²) < 4.78 is 0. The molecule has 0 aliphatic heterocycles. The molecule has 0 aromatic heterocycles. The first-order valence-electron chi connectivity index (χ1n) is 8.94. The maximum atomic E-state index is 11.6. The lowest BCUT2D eigenvalue weighted by Gasteiger charge is -2.07. The van der Waals surface area contributed by atoms with E-state index in [0.29, 0.717) is 19.4 Å². The van der Waals surface area contributed by atoms with Crippen molar-refractivity contribution in [3.8, 4) is 0 Å². The van der Waals surface area contributed by atoms with Crippen molar-refractivity contribution in [2.75, 3.05) is 6.54 Å². The number of nitrogens with two attached hydrogens (primary N) is 1. The predicted octanol–water partition coefficient (Wildman–Crippen LogP) is 3.38. The molecule has 134 valence electrons. The van der Waals surface area contributed by atoms with Crippen LogP contribution in [-0.4, -0.2) is 29.6 Å². The summed E-state index contributed by atoms with van der Waals surface area (Å²) in [7, 11) is 0. The number of unbranched alkanes of at least 4 members (excludes halogenated alkanes) is 7. The molecule has 23 heavy (non-hydrogen) atoms. The summed E-state index contributed by atoms with van der Waals surface area (Å²) in [5.41, 5.74) is 5.41. The lowest BCUT2D eigenvalue weighted by Crippen LogP contribution is -2.30. The molecule has 0 spiro atoms. The van der Waals surface area contributed by atoms with Crippen LogP contribution in [0.4, 0.5) is 0 Å². The van der Waals surface area contributed by atoms with Crippen molar-refractivity contribution in [3.63, 3.8) is 0 Å². The summed E-state index contributed by atoms with van der Waals surface area (Å²) in [5.74, 6) is -0.864. The van der Waals surface area contributed by atoms with Gasteiger partial charge < -0.3 is 16.2 Å². The standard InChI is InChI=1S/C18H34N2O3/c1-2-3-4-5-6-7-8-9-10-14-17(21)20-15-12-11-13-16(19)18(22)23/h2-3,16H,4-15,19H2,1H3,(H,20,21)(H,22,23)/b3-2+/t16-/m0/s1. The van der Waals surface area contributed by atoms with E-state index in [-0.39, 0.29) is 5.91 Å². The van der Waals surface area contributed by atoms with Crippen LogP contribution in [0.25, 0.3) is 0 Å². The number of hydrogen-bond acceptors (Lipinski definition) is 3. The fourth-order valence-corrected chi connectivity index (χ4v) is 2.35. The SMILES string of the molecule is C/C=C/CCCCCCCCC(=O)NCCCC[C@H](N)C(=O)O. The van der Waals surface area contributed by atoms with Gasteiger partial charge in [0, 0.05) is 13.0 Å². The van der Waals surface area contributed by atoms with Gasteiger partial charge in [-0.25, -0.2) is 0 Å². The van der Waals surface area contributed by atoms with E-state index in [1.54, 1.807) is 0 Å². The van der Waals surface area contributed by atoms with Crippen molar-refractivity contribution in [1.29, 1.82) is 0 Å². The number of nitrogens with one attached hydrogen (secondary N) is 1. The van der Waals surface area contributed by atoms with Crippen molar-refractivity contribution in [2.24, 2.45) is 5.73 Å². The van der Waals surface area contributed by atoms with E-state index in [4.69, 9.17) is 10.8 Å². The largest absolute Gasteiger partial charge is 0.480 e. The number of amides is 1. The van der Waals surface area contributed by atoms with Crippen LogP contribution in [0, 0.1) is 0 Å². The van der Waals surface area contributed by atoms with Crippen LogP contribution in [0.5, 0.6) is 0 Å². The lowest BCUT2D eigenvalue weighted by molar-refractivity contribution is -0.138. The fraction of sp³-hybridized carbons (Fsp3) is 0.778. The van der Waals surface area contributed by atoms with Gasteiger partial charge in [0.15, 0.2) is 0 Å². The molecule has 0 saturated carbocycles. The Morgan fingerprint density at radius 1 is 1.04 bits per heavy atom. The molecule has 0 fully saturated rings. The van der Waals surface area contributed by atoms with Crippen LogP contribution in [0.2, 0.25) is 0 Å². The number of rotatable bonds is 15. The van der Waals surface area contributed by atoms with E-state index < -0.39 is 12.0 Å². The maximum absolute atomic E-state index is 11.6. The Balaban J connectivity index is 3.29. The van der Waals surface area contributed by atoms with Crippen molar-refractivity contribution >= 4 is 11.9 Å². The summed E-state index contributed by atoms with van der Waals surface area (Å²) >= 11 is 0. The Bertz CT molecular complexity index is 343. The van der Waals surface area contributed by atoms with E-state index in [0.717, 1.165) is 25.7 Å². The molecule has 0 aromatic rings. The number of carboxylic acid groups (broad SMARTS) is 1. The monoisotopic (exact) mass is 326 g/mol. The smallest absolute Gasteiger partial charge is 0.320 e. The second-order valence-electron chi connectivity index (χ2n) is 6.02. The first-order chi connectivity index (χ1) is 11.1. The molecule has 4 N–H and O–H groups in total. The number of aliphatic carboxylic acids is 1. The van der Waals surface area contributed by atoms with E-state index in [1.807, 2.05) is 0 Å². The third-order valence-corrected chi connectivity index (χ3v) is 3.84. The molecule has 5 heteroatoms. The zero-order valence-electron chi connectivity index (χ0n) is 14.6. The van der Waals surface area contributed by atoms with Gasteiger partial charge in [-0.15, -0.1) is 0 Å². The normalized spacial score (nSPS) is 12.4. The van der Waals surface area contributed by atoms with E-state index in [1.165, 1.54) is 32.1 Å². The second-order valence-corrected chi connectivity index (χ2v) is 6.02. The van der Waals surface area contributed by atoms with Crippen LogP contribution in [0.1, 0.15) is 77.6 Å². The van der Waals surface area contributed by atoms with Crippen LogP contribution in [-0.2, 0) is 9.59 Å². The van der Waals surface area contributed by atoms with E-state index in [9.17, 15) is 9.59 Å². The van der Waals surface area contributed by atoms with Gasteiger partial charge >= 0.3 is 5.97 Å². The summed E-state index contributed by atoms with van der Waals surface area (Å²) in [4.78, 5) is 22.2. The Labute approximate surface area is 140 Å². The minimum Gasteiger partial charge on any atom is -0.480 e. The average Bonchev–Trinajstić information content (AvgIpc) is 2.52. The Hall–Kier alpha value is -1.36. The van der Waals surface area contributed by atoms with Gasteiger partial charge in [0.25, 0.3) is 0 Å². The molecule has 0 bridgehead atoms. The first kappa shape index (κ1) is 21.6. The second kappa shape index (κ2) is 15.5. The van der Waals surface area contributed by atoms with Crippen molar-refractivity contribution < 1.29 is 14.7 Å². The van der Waals surface area contributed by atoms with Crippen LogP contribution in [0.15, 0.2) is 12.2 Å². The molecule has 0 aliphatic rings. The van der Waals surface area contributed by atoms with Crippen molar-refractivity contribution in [3.05, 3.63) is 12.2 Å². The molecule has 0 radical (unpaired) electrons. The molecule has 0 aromatic carbocycles. The average molecular weight is 326 g/mol. The highest BCUT2D eigenvalue weighted by Gasteiger charge is 2.10. The Morgan fingerprint density at radius 2 is 1.70 bits per heavy atom. The van der Waals surface area contributed by atoms with Gasteiger partial charge in [-0.3, -0.25) is 9.59 Å². The molecule has 0 heterocycles. The zero-order valence-corrected chi connectivity index (χ0v) is 14.6. The summed E-state index contributed by atoms with van der Waals surface area (Å²) in [5, 5.41) is 11.5. The number of carbonyl (C=O) groups excluding carboxylic acids is 1. The van der Waals surface area contributed by atoms with Crippen molar-refractivity contribution in [2.45, 2.75) is 83.6 Å². The first-order valence-corrected chi connectivity index (χ1v) is 8.94. The summed E-state index contributed by atoms with van der Waals surface area (Å²) in [6.45, 7) is 2.66. The predicted molar refractivity (Wildman–Crippen MR) is 94.2 cm³/mol. The lowest BCUT2D eigenvalue weighted by atomic mass is 10.1. The molecule has 0 unspecified atom stereocenters. The van der Waals surface area contributed by atoms with Gasteiger partial charge in [0.05, 0.1) is 0 Å². The molecule has 0 aliphatic carbocycles. The minimum absolute atomic E-state index is 0.0978. The molecular formula is C18H34N2O3. The molecule has 5 nitrogen and oxygen atoms in total. The number of hydrogen-bond donors (Lipinski definition) is 3. The minimum atomic E-state index is -0.962. The number of allylic oxidation sites excluding steroid dienone is 2. The fourth-order valence-electron chi connectivity index (χ4n) is 2.35. The Kier molecular flexibility index (Phi) is 14.6. The van der Waals surface area contributed by atoms with Crippen LogP contribution >= 0.6 is 0 Å². The molecule has 0 rings (SSSR count). The highest BCUT2D eigenvalue weighted by molar-refractivity contribution is 5.75. The van der Waals surface area contributed by atoms with Crippen LogP contribution < -0.4 is 11.1 Å².